The summed E-state index contributed by atoms with van der Waals surface area (Å²) >= 11 is 0. The van der Waals surface area contributed by atoms with Crippen LogP contribution in [-0.2, 0) is 19.6 Å². The number of anilines is 1. The Morgan fingerprint density at radius 2 is 1.70 bits per heavy atom. The molecule has 11 heteroatoms. The molecule has 0 bridgehead atoms. The fraction of sp³-hybridized carbons (Fsp3) is 0.455. The summed E-state index contributed by atoms with van der Waals surface area (Å²) < 4.78 is 36.9. The van der Waals surface area contributed by atoms with Crippen LogP contribution in [-0.4, -0.2) is 80.1 Å². The smallest absolute Gasteiger partial charge is 0.266 e. The van der Waals surface area contributed by atoms with E-state index in [2.05, 4.69) is 4.98 Å². The second kappa shape index (κ2) is 9.64. The van der Waals surface area contributed by atoms with Gasteiger partial charge in [0.1, 0.15) is 11.6 Å². The van der Waals surface area contributed by atoms with Gasteiger partial charge < -0.3 is 14.4 Å². The van der Waals surface area contributed by atoms with Crippen molar-refractivity contribution in [2.24, 2.45) is 0 Å². The molecule has 0 atom stereocenters. The van der Waals surface area contributed by atoms with Gasteiger partial charge in [0, 0.05) is 64.0 Å². The molecular weight excluding hydrogens is 448 g/mol. The second-order valence-corrected chi connectivity index (χ2v) is 10.3. The standard InChI is InChI=1S/C22H28N4O6S/c1-31-19-5-2-17(3-6-19)18-4-7-20(23-16-18)25-10-12-26(13-11-25)33(29,30)22(21(27)24-28)8-14-32-15-9-22/h2-7,16,28H,8-15H2,1H3,(H,24,27). The normalized spacial score (nSPS) is 19.2. The Balaban J connectivity index is 1.44. The number of benzene rings is 1. The number of methoxy groups -OCH3 is 1. The van der Waals surface area contributed by atoms with Crippen molar-refractivity contribution in [1.82, 2.24) is 14.8 Å². The van der Waals surface area contributed by atoms with Crippen LogP contribution in [0.15, 0.2) is 42.6 Å². The summed E-state index contributed by atoms with van der Waals surface area (Å²) in [5.74, 6) is 0.650. The van der Waals surface area contributed by atoms with E-state index in [1.807, 2.05) is 41.3 Å². The average molecular weight is 477 g/mol. The van der Waals surface area contributed by atoms with E-state index < -0.39 is 20.7 Å². The number of carbonyl (C=O) groups is 1. The van der Waals surface area contributed by atoms with E-state index in [0.29, 0.717) is 13.1 Å². The van der Waals surface area contributed by atoms with Crippen LogP contribution in [0.5, 0.6) is 5.75 Å². The lowest BCUT2D eigenvalue weighted by Gasteiger charge is -2.41. The summed E-state index contributed by atoms with van der Waals surface area (Å²) in [6, 6.07) is 11.6. The van der Waals surface area contributed by atoms with Gasteiger partial charge in [-0.15, -0.1) is 0 Å². The Kier molecular flexibility index (Phi) is 6.84. The van der Waals surface area contributed by atoms with Gasteiger partial charge in [-0.3, -0.25) is 10.0 Å². The van der Waals surface area contributed by atoms with Gasteiger partial charge in [0.2, 0.25) is 10.0 Å². The molecule has 1 aromatic carbocycles. The molecule has 0 saturated carbocycles. The molecule has 0 radical (unpaired) electrons. The summed E-state index contributed by atoms with van der Waals surface area (Å²) in [5, 5.41) is 9.19. The zero-order chi connectivity index (χ0) is 23.5. The zero-order valence-electron chi connectivity index (χ0n) is 18.4. The van der Waals surface area contributed by atoms with Crippen LogP contribution in [0.1, 0.15) is 12.8 Å². The molecule has 33 heavy (non-hydrogen) atoms. The van der Waals surface area contributed by atoms with Gasteiger partial charge in [-0.2, -0.15) is 4.31 Å². The first-order valence-corrected chi connectivity index (χ1v) is 12.2. The molecule has 2 fully saturated rings. The highest BCUT2D eigenvalue weighted by Crippen LogP contribution is 2.34. The van der Waals surface area contributed by atoms with E-state index in [0.717, 1.165) is 22.7 Å². The number of hydrogen-bond acceptors (Lipinski definition) is 8. The topological polar surface area (TPSA) is 121 Å². The highest BCUT2D eigenvalue weighted by atomic mass is 32.2. The van der Waals surface area contributed by atoms with Crippen molar-refractivity contribution >= 4 is 21.7 Å². The number of rotatable bonds is 6. The van der Waals surface area contributed by atoms with Crippen LogP contribution in [0.3, 0.4) is 0 Å². The van der Waals surface area contributed by atoms with Crippen molar-refractivity contribution in [3.8, 4) is 16.9 Å². The molecule has 2 saturated heterocycles. The van der Waals surface area contributed by atoms with Crippen molar-refractivity contribution in [2.75, 3.05) is 51.4 Å². The lowest BCUT2D eigenvalue weighted by atomic mass is 9.98. The first kappa shape index (κ1) is 23.4. The van der Waals surface area contributed by atoms with E-state index >= 15 is 0 Å². The number of ether oxygens (including phenoxy) is 2. The third-order valence-electron chi connectivity index (χ3n) is 6.38. The Morgan fingerprint density at radius 3 is 2.24 bits per heavy atom. The molecule has 2 N–H and O–H groups in total. The van der Waals surface area contributed by atoms with E-state index in [-0.39, 0.29) is 39.1 Å². The molecule has 10 nitrogen and oxygen atoms in total. The van der Waals surface area contributed by atoms with Gasteiger partial charge in [0.15, 0.2) is 4.75 Å². The van der Waals surface area contributed by atoms with Gasteiger partial charge in [0.05, 0.1) is 7.11 Å². The minimum Gasteiger partial charge on any atom is -0.497 e. The molecule has 2 aromatic rings. The SMILES string of the molecule is COc1ccc(-c2ccc(N3CCN(S(=O)(=O)C4(C(=O)NO)CCOCC4)CC3)nc2)cc1. The number of hydrogen-bond donors (Lipinski definition) is 2. The molecule has 0 unspecified atom stereocenters. The van der Waals surface area contributed by atoms with Crippen molar-refractivity contribution < 1.29 is 27.9 Å². The van der Waals surface area contributed by atoms with Gasteiger partial charge in [-0.05, 0) is 29.8 Å². The molecule has 2 aliphatic rings. The van der Waals surface area contributed by atoms with Gasteiger partial charge in [-0.25, -0.2) is 18.9 Å². The van der Waals surface area contributed by atoms with Crippen LogP contribution in [0.2, 0.25) is 0 Å². The molecule has 0 spiro atoms. The van der Waals surface area contributed by atoms with Crippen LogP contribution < -0.4 is 15.1 Å². The number of pyridine rings is 1. The Hall–Kier alpha value is -2.73. The lowest BCUT2D eigenvalue weighted by molar-refractivity contribution is -0.134. The molecule has 3 heterocycles. The molecular formula is C22H28N4O6S. The maximum atomic E-state index is 13.4. The lowest BCUT2D eigenvalue weighted by Crippen LogP contribution is -2.62. The van der Waals surface area contributed by atoms with Gasteiger partial charge in [0.25, 0.3) is 5.91 Å². The summed E-state index contributed by atoms with van der Waals surface area (Å²) in [4.78, 5) is 19.0. The number of nitrogens with one attached hydrogen (secondary N) is 1. The number of nitrogens with zero attached hydrogens (tertiary/aromatic N) is 3. The maximum absolute atomic E-state index is 13.4. The largest absolute Gasteiger partial charge is 0.497 e. The number of piperazine rings is 1. The monoisotopic (exact) mass is 476 g/mol. The van der Waals surface area contributed by atoms with E-state index in [1.54, 1.807) is 18.8 Å². The van der Waals surface area contributed by atoms with Crippen LogP contribution in [0, 0.1) is 0 Å². The summed E-state index contributed by atoms with van der Waals surface area (Å²) in [5.41, 5.74) is 3.55. The van der Waals surface area contributed by atoms with Crippen LogP contribution in [0.25, 0.3) is 11.1 Å². The number of amides is 1. The summed E-state index contributed by atoms with van der Waals surface area (Å²) in [6.45, 7) is 1.65. The third kappa shape index (κ3) is 4.41. The molecule has 4 rings (SSSR count). The summed E-state index contributed by atoms with van der Waals surface area (Å²) in [6.07, 6.45) is 1.81. The second-order valence-electron chi connectivity index (χ2n) is 8.07. The number of hydroxylamine groups is 1. The highest BCUT2D eigenvalue weighted by molar-refractivity contribution is 7.91. The molecule has 0 aliphatic carbocycles. The quantitative estimate of drug-likeness (QED) is 0.472. The average Bonchev–Trinajstić information content (AvgIpc) is 2.88. The van der Waals surface area contributed by atoms with Crippen molar-refractivity contribution in [1.29, 1.82) is 0 Å². The minimum absolute atomic E-state index is 0.0102. The number of carbonyl (C=O) groups excluding carboxylic acids is 1. The van der Waals surface area contributed by atoms with Gasteiger partial charge in [-0.1, -0.05) is 12.1 Å². The third-order valence-corrected chi connectivity index (χ3v) is 9.01. The first-order valence-electron chi connectivity index (χ1n) is 10.8. The maximum Gasteiger partial charge on any atom is 0.266 e. The fourth-order valence-electron chi connectivity index (χ4n) is 4.34. The van der Waals surface area contributed by atoms with Crippen LogP contribution >= 0.6 is 0 Å². The summed E-state index contributed by atoms with van der Waals surface area (Å²) in [7, 11) is -2.36. The molecule has 2 aliphatic heterocycles. The Bertz CT molecular complexity index is 1060. The highest BCUT2D eigenvalue weighted by Gasteiger charge is 2.54. The van der Waals surface area contributed by atoms with Gasteiger partial charge >= 0.3 is 0 Å². The fourth-order valence-corrected chi connectivity index (χ4v) is 6.44. The number of sulfonamides is 1. The Morgan fingerprint density at radius 1 is 1.06 bits per heavy atom. The zero-order valence-corrected chi connectivity index (χ0v) is 19.3. The van der Waals surface area contributed by atoms with Crippen molar-refractivity contribution in [3.05, 3.63) is 42.6 Å². The van der Waals surface area contributed by atoms with Crippen molar-refractivity contribution in [2.45, 2.75) is 17.6 Å². The first-order chi connectivity index (χ1) is 15.9. The van der Waals surface area contributed by atoms with E-state index in [4.69, 9.17) is 9.47 Å². The molecule has 1 aromatic heterocycles. The minimum atomic E-state index is -3.99. The predicted octanol–water partition coefficient (Wildman–Crippen LogP) is 1.26. The van der Waals surface area contributed by atoms with Crippen LogP contribution in [0.4, 0.5) is 5.82 Å². The van der Waals surface area contributed by atoms with E-state index in [1.165, 1.54) is 4.31 Å². The predicted molar refractivity (Wildman–Crippen MR) is 122 cm³/mol. The molecule has 178 valence electrons. The van der Waals surface area contributed by atoms with Crippen molar-refractivity contribution in [3.63, 3.8) is 0 Å². The van der Waals surface area contributed by atoms with E-state index in [9.17, 15) is 18.4 Å². The number of aromatic nitrogens is 1. The molecule has 1 amide bonds. The Labute approximate surface area is 193 Å².